The minimum Gasteiger partial charge on any atom is -0.495 e. The van der Waals surface area contributed by atoms with Crippen LogP contribution in [-0.4, -0.2) is 5.11 Å². The third-order valence-corrected chi connectivity index (χ3v) is 0. The zero-order valence-corrected chi connectivity index (χ0v) is 2.23. The van der Waals surface area contributed by atoms with Crippen molar-refractivity contribution < 1.29 is 5.11 Å². The molecule has 0 aliphatic carbocycles. The van der Waals surface area contributed by atoms with Crippen molar-refractivity contribution in [3.8, 4) is 0 Å². The first kappa shape index (κ1) is 3.34. The molecule has 0 saturated carbocycles. The molecule has 0 atom stereocenters. The molecule has 0 amide bonds. The molecule has 0 aromatic rings. The predicted octanol–water partition coefficient (Wildman–Crippen LogP) is -0.0257. The third kappa shape index (κ3) is 0.356. The SMILES string of the molecule is C=C(N)O. The van der Waals surface area contributed by atoms with Crippen LogP contribution in [0.2, 0.25) is 0 Å². The van der Waals surface area contributed by atoms with Crippen LogP contribution in [-0.2, 0) is 0 Å². The standard InChI is InChI=1S/C2H5NO/c1-2(3)4/h4H,1,3H2. The van der Waals surface area contributed by atoms with E-state index in [1.807, 2.05) is 0 Å². The molecule has 0 aromatic heterocycles. The van der Waals surface area contributed by atoms with Gasteiger partial charge in [0, 0.05) is 0 Å². The summed E-state index contributed by atoms with van der Waals surface area (Å²) in [6.07, 6.45) is 0. The average molecular weight is 59.1 g/mol. The lowest BCUT2D eigenvalue weighted by Gasteiger charge is -1.70. The van der Waals surface area contributed by atoms with Crippen LogP contribution in [0.1, 0.15) is 0 Å². The Hall–Kier alpha value is -0.660. The fourth-order valence-corrected chi connectivity index (χ4v) is 0. The average Bonchev–Trinajstić information content (AvgIpc) is 0.811. The molecule has 0 aliphatic rings. The lowest BCUT2D eigenvalue weighted by atomic mass is 11.0. The summed E-state index contributed by atoms with van der Waals surface area (Å²) in [5.41, 5.74) is 4.47. The van der Waals surface area contributed by atoms with Crippen molar-refractivity contribution >= 4 is 0 Å². The summed E-state index contributed by atoms with van der Waals surface area (Å²) < 4.78 is 0. The largest absolute Gasteiger partial charge is 0.495 e. The highest BCUT2D eigenvalue weighted by Crippen LogP contribution is 1.49. The van der Waals surface area contributed by atoms with Gasteiger partial charge < -0.3 is 10.8 Å². The van der Waals surface area contributed by atoms with Crippen LogP contribution < -0.4 is 5.73 Å². The maximum atomic E-state index is 7.64. The lowest BCUT2D eigenvalue weighted by molar-refractivity contribution is 0.408. The number of aliphatic hydroxyl groups excluding tert-OH is 1. The first-order chi connectivity index (χ1) is 1.73. The van der Waals surface area contributed by atoms with Crippen LogP contribution in [0.5, 0.6) is 0 Å². The number of aliphatic hydroxyl groups is 1. The van der Waals surface area contributed by atoms with Crippen molar-refractivity contribution in [2.45, 2.75) is 0 Å². The summed E-state index contributed by atoms with van der Waals surface area (Å²) in [5, 5.41) is 7.64. The third-order valence-electron chi connectivity index (χ3n) is 0. The van der Waals surface area contributed by atoms with Crippen molar-refractivity contribution in [2.24, 2.45) is 5.73 Å². The van der Waals surface area contributed by atoms with E-state index >= 15 is 0 Å². The quantitative estimate of drug-likeness (QED) is 0.385. The molecule has 0 aliphatic heterocycles. The zero-order chi connectivity index (χ0) is 3.58. The second kappa shape index (κ2) is 0.767. The summed E-state index contributed by atoms with van der Waals surface area (Å²) in [4.78, 5) is 0. The van der Waals surface area contributed by atoms with E-state index in [1.165, 1.54) is 0 Å². The van der Waals surface area contributed by atoms with Gasteiger partial charge in [-0.15, -0.1) is 0 Å². The first-order valence-corrected chi connectivity index (χ1v) is 0.866. The van der Waals surface area contributed by atoms with Crippen LogP contribution in [0.25, 0.3) is 0 Å². The van der Waals surface area contributed by atoms with Crippen molar-refractivity contribution in [1.82, 2.24) is 0 Å². The van der Waals surface area contributed by atoms with Gasteiger partial charge in [0.15, 0.2) is 5.88 Å². The van der Waals surface area contributed by atoms with E-state index < -0.39 is 0 Å². The molecule has 0 bridgehead atoms. The second-order valence-electron chi connectivity index (χ2n) is 0.491. The Bertz CT molecular complexity index is 29.0. The summed E-state index contributed by atoms with van der Waals surface area (Å²) in [5.74, 6) is -0.333. The fraction of sp³-hybridized carbons (Fsp3) is 0. The van der Waals surface area contributed by atoms with Gasteiger partial charge in [-0.3, -0.25) is 0 Å². The van der Waals surface area contributed by atoms with Gasteiger partial charge in [-0.2, -0.15) is 0 Å². The molecule has 3 N–H and O–H groups in total. The summed E-state index contributed by atoms with van der Waals surface area (Å²) in [6, 6.07) is 0. The van der Waals surface area contributed by atoms with Crippen molar-refractivity contribution in [3.63, 3.8) is 0 Å². The highest BCUT2D eigenvalue weighted by molar-refractivity contribution is 4.64. The summed E-state index contributed by atoms with van der Waals surface area (Å²) in [7, 11) is 0. The van der Waals surface area contributed by atoms with Gasteiger partial charge in [0.25, 0.3) is 0 Å². The molecule has 0 fully saturated rings. The van der Waals surface area contributed by atoms with Crippen LogP contribution in [0.4, 0.5) is 0 Å². The number of nitrogens with two attached hydrogens (primary N) is 1. The first-order valence-electron chi connectivity index (χ1n) is 0.866. The molecule has 0 aromatic carbocycles. The second-order valence-corrected chi connectivity index (χ2v) is 0.491. The van der Waals surface area contributed by atoms with Crippen LogP contribution in [0.3, 0.4) is 0 Å². The van der Waals surface area contributed by atoms with E-state index in [0.717, 1.165) is 0 Å². The normalized spacial score (nSPS) is 6.00. The van der Waals surface area contributed by atoms with Crippen LogP contribution in [0, 0.1) is 0 Å². The molecular formula is C2H5NO. The molecule has 0 heterocycles. The van der Waals surface area contributed by atoms with Gasteiger partial charge >= 0.3 is 0 Å². The maximum absolute atomic E-state index is 7.64. The van der Waals surface area contributed by atoms with Gasteiger partial charge in [-0.05, 0) is 6.58 Å². The smallest absolute Gasteiger partial charge is 0.173 e. The Morgan fingerprint density at radius 2 is 2.00 bits per heavy atom. The van der Waals surface area contributed by atoms with E-state index in [9.17, 15) is 0 Å². The highest BCUT2D eigenvalue weighted by atomic mass is 16.3. The Morgan fingerprint density at radius 1 is 2.00 bits per heavy atom. The maximum Gasteiger partial charge on any atom is 0.173 e. The minimum absolute atomic E-state index is 0.333. The Kier molecular flexibility index (Phi) is 0.641. The molecule has 0 saturated heterocycles. The zero-order valence-electron chi connectivity index (χ0n) is 2.23. The van der Waals surface area contributed by atoms with Gasteiger partial charge in [0.1, 0.15) is 0 Å². The lowest BCUT2D eigenvalue weighted by Crippen LogP contribution is -1.88. The molecule has 2 nitrogen and oxygen atoms in total. The van der Waals surface area contributed by atoms with Gasteiger partial charge in [-0.25, -0.2) is 0 Å². The molecule has 0 radical (unpaired) electrons. The number of hydrogen-bond donors (Lipinski definition) is 2. The molecule has 2 heteroatoms. The molecular weight excluding hydrogens is 54.0 g/mol. The van der Waals surface area contributed by atoms with E-state index in [-0.39, 0.29) is 5.88 Å². The molecule has 0 spiro atoms. The molecule has 4 heavy (non-hydrogen) atoms. The Labute approximate surface area is 24.5 Å². The Morgan fingerprint density at radius 3 is 2.00 bits per heavy atom. The van der Waals surface area contributed by atoms with Gasteiger partial charge in [0.2, 0.25) is 0 Å². The van der Waals surface area contributed by atoms with Crippen LogP contribution in [0.15, 0.2) is 12.5 Å². The van der Waals surface area contributed by atoms with E-state index in [4.69, 9.17) is 5.11 Å². The predicted molar refractivity (Wildman–Crippen MR) is 16.0 cm³/mol. The van der Waals surface area contributed by atoms with E-state index in [1.54, 1.807) is 0 Å². The monoisotopic (exact) mass is 59.0 g/mol. The van der Waals surface area contributed by atoms with E-state index in [0.29, 0.717) is 0 Å². The van der Waals surface area contributed by atoms with Crippen molar-refractivity contribution in [2.75, 3.05) is 0 Å². The molecule has 0 unspecified atom stereocenters. The Balaban J connectivity index is 2.80. The summed E-state index contributed by atoms with van der Waals surface area (Å²) in [6.45, 7) is 2.89. The summed E-state index contributed by atoms with van der Waals surface area (Å²) >= 11 is 0. The topological polar surface area (TPSA) is 46.2 Å². The highest BCUT2D eigenvalue weighted by Gasteiger charge is 1.52. The fourth-order valence-electron chi connectivity index (χ4n) is 0. The number of rotatable bonds is 0. The minimum atomic E-state index is -0.333. The number of hydrogen-bond acceptors (Lipinski definition) is 2. The van der Waals surface area contributed by atoms with Gasteiger partial charge in [0.05, 0.1) is 0 Å². The molecule has 24 valence electrons. The molecule has 0 rings (SSSR count). The van der Waals surface area contributed by atoms with Gasteiger partial charge in [-0.1, -0.05) is 0 Å². The van der Waals surface area contributed by atoms with E-state index in [2.05, 4.69) is 12.3 Å². The van der Waals surface area contributed by atoms with Crippen molar-refractivity contribution in [1.29, 1.82) is 0 Å². The van der Waals surface area contributed by atoms with Crippen molar-refractivity contribution in [3.05, 3.63) is 12.5 Å². The van der Waals surface area contributed by atoms with Crippen LogP contribution >= 0.6 is 0 Å².